The average Bonchev–Trinajstić information content (AvgIpc) is 2.42. The van der Waals surface area contributed by atoms with Crippen LogP contribution in [0.5, 0.6) is 0 Å². The number of piperidine rings is 1. The first kappa shape index (κ1) is 13.5. The van der Waals surface area contributed by atoms with Crippen molar-refractivity contribution >= 4 is 11.6 Å². The Morgan fingerprint density at radius 3 is 2.26 bits per heavy atom. The molecule has 1 aromatic carbocycles. The van der Waals surface area contributed by atoms with E-state index >= 15 is 0 Å². The van der Waals surface area contributed by atoms with Gasteiger partial charge in [-0.25, -0.2) is 0 Å². The van der Waals surface area contributed by atoms with Gasteiger partial charge in [-0.1, -0.05) is 30.7 Å². The summed E-state index contributed by atoms with van der Waals surface area (Å²) < 4.78 is 0. The number of likely N-dealkylation sites (tertiary alicyclic amines) is 1. The Kier molecular flexibility index (Phi) is 4.14. The predicted octanol–water partition coefficient (Wildman–Crippen LogP) is 4.39. The third kappa shape index (κ3) is 3.14. The second kappa shape index (κ2) is 5.85. The Hall–Kier alpha value is -0.530. The maximum absolute atomic E-state index is 5.94. The highest BCUT2D eigenvalue weighted by Gasteiger charge is 2.33. The average molecular weight is 278 g/mol. The normalized spacial score (nSPS) is 29.2. The van der Waals surface area contributed by atoms with Crippen LogP contribution < -0.4 is 0 Å². The van der Waals surface area contributed by atoms with Crippen LogP contribution in [0.4, 0.5) is 0 Å². The maximum atomic E-state index is 5.94. The van der Waals surface area contributed by atoms with E-state index in [4.69, 9.17) is 11.6 Å². The van der Waals surface area contributed by atoms with Crippen molar-refractivity contribution in [2.45, 2.75) is 45.1 Å². The van der Waals surface area contributed by atoms with Crippen LogP contribution in [0.25, 0.3) is 0 Å². The van der Waals surface area contributed by atoms with Crippen molar-refractivity contribution in [1.82, 2.24) is 4.90 Å². The summed E-state index contributed by atoms with van der Waals surface area (Å²) in [6.07, 6.45) is 6.83. The summed E-state index contributed by atoms with van der Waals surface area (Å²) in [7, 11) is 0. The fraction of sp³-hybridized carbons (Fsp3) is 0.647. The number of hydrogen-bond acceptors (Lipinski definition) is 1. The molecular weight excluding hydrogens is 254 g/mol. The van der Waals surface area contributed by atoms with E-state index in [0.29, 0.717) is 0 Å². The van der Waals surface area contributed by atoms with E-state index in [1.54, 1.807) is 0 Å². The molecule has 1 saturated heterocycles. The first-order valence-corrected chi connectivity index (χ1v) is 8.08. The number of hydrogen-bond donors (Lipinski definition) is 0. The minimum absolute atomic E-state index is 0.845. The lowest BCUT2D eigenvalue weighted by Crippen LogP contribution is -2.49. The Labute approximate surface area is 121 Å². The van der Waals surface area contributed by atoms with E-state index in [1.807, 2.05) is 12.1 Å². The quantitative estimate of drug-likeness (QED) is 0.792. The molecule has 1 aromatic rings. The molecule has 2 heteroatoms. The molecule has 3 rings (SSSR count). The number of nitrogens with zero attached hydrogens (tertiary/aromatic N) is 1. The fourth-order valence-corrected chi connectivity index (χ4v) is 3.76. The zero-order valence-electron chi connectivity index (χ0n) is 11.8. The van der Waals surface area contributed by atoms with E-state index in [9.17, 15) is 0 Å². The SMILES string of the molecule is CC1CCC1N1CCC(Cc2ccc(Cl)cc2)CC1. The molecule has 2 fully saturated rings. The van der Waals surface area contributed by atoms with Crippen LogP contribution in [0.15, 0.2) is 24.3 Å². The van der Waals surface area contributed by atoms with Gasteiger partial charge in [-0.3, -0.25) is 0 Å². The number of rotatable bonds is 3. The van der Waals surface area contributed by atoms with Gasteiger partial charge in [-0.15, -0.1) is 0 Å². The van der Waals surface area contributed by atoms with Crippen LogP contribution in [0.2, 0.25) is 5.02 Å². The summed E-state index contributed by atoms with van der Waals surface area (Å²) >= 11 is 5.94. The molecule has 1 nitrogen and oxygen atoms in total. The lowest BCUT2D eigenvalue weighted by atomic mass is 9.78. The highest BCUT2D eigenvalue weighted by molar-refractivity contribution is 6.30. The van der Waals surface area contributed by atoms with E-state index in [0.717, 1.165) is 22.9 Å². The van der Waals surface area contributed by atoms with Crippen molar-refractivity contribution in [3.8, 4) is 0 Å². The van der Waals surface area contributed by atoms with Crippen molar-refractivity contribution in [3.63, 3.8) is 0 Å². The van der Waals surface area contributed by atoms with Crippen molar-refractivity contribution < 1.29 is 0 Å². The smallest absolute Gasteiger partial charge is 0.0406 e. The van der Waals surface area contributed by atoms with Crippen LogP contribution in [0.1, 0.15) is 38.2 Å². The number of halogens is 1. The first-order chi connectivity index (χ1) is 9.22. The molecule has 2 aliphatic rings. The van der Waals surface area contributed by atoms with Crippen LogP contribution in [0, 0.1) is 11.8 Å². The van der Waals surface area contributed by atoms with Gasteiger partial charge in [-0.05, 0) is 74.7 Å². The molecule has 0 amide bonds. The molecule has 1 aliphatic heterocycles. The van der Waals surface area contributed by atoms with E-state index < -0.39 is 0 Å². The molecule has 0 radical (unpaired) electrons. The Bertz CT molecular complexity index is 406. The Morgan fingerprint density at radius 1 is 1.05 bits per heavy atom. The fourth-order valence-electron chi connectivity index (χ4n) is 3.63. The maximum Gasteiger partial charge on any atom is 0.0406 e. The predicted molar refractivity (Wildman–Crippen MR) is 81.6 cm³/mol. The highest BCUT2D eigenvalue weighted by atomic mass is 35.5. The summed E-state index contributed by atoms with van der Waals surface area (Å²) in [5, 5.41) is 0.845. The topological polar surface area (TPSA) is 3.24 Å². The van der Waals surface area contributed by atoms with Crippen molar-refractivity contribution in [1.29, 1.82) is 0 Å². The number of benzene rings is 1. The minimum atomic E-state index is 0.845. The van der Waals surface area contributed by atoms with Crippen LogP contribution in [0.3, 0.4) is 0 Å². The molecule has 0 N–H and O–H groups in total. The van der Waals surface area contributed by atoms with Gasteiger partial charge in [0.05, 0.1) is 0 Å². The Balaban J connectivity index is 1.48. The standard InChI is InChI=1S/C17H24ClN/c1-13-2-7-17(13)19-10-8-15(9-11-19)12-14-3-5-16(18)6-4-14/h3-6,13,15,17H,2,7-12H2,1H3. The highest BCUT2D eigenvalue weighted by Crippen LogP contribution is 2.34. The summed E-state index contributed by atoms with van der Waals surface area (Å²) in [5.74, 6) is 1.81. The molecule has 0 aromatic heterocycles. The van der Waals surface area contributed by atoms with Crippen LogP contribution in [-0.2, 0) is 6.42 Å². The van der Waals surface area contributed by atoms with E-state index in [1.165, 1.54) is 50.8 Å². The molecule has 1 saturated carbocycles. The third-order valence-electron chi connectivity index (χ3n) is 5.13. The summed E-state index contributed by atoms with van der Waals surface area (Å²) in [6, 6.07) is 9.30. The zero-order valence-corrected chi connectivity index (χ0v) is 12.6. The van der Waals surface area contributed by atoms with Gasteiger partial charge in [0.1, 0.15) is 0 Å². The minimum Gasteiger partial charge on any atom is -0.300 e. The van der Waals surface area contributed by atoms with Gasteiger partial charge in [-0.2, -0.15) is 0 Å². The first-order valence-electron chi connectivity index (χ1n) is 7.71. The molecule has 2 unspecified atom stereocenters. The van der Waals surface area contributed by atoms with Gasteiger partial charge in [0.15, 0.2) is 0 Å². The lowest BCUT2D eigenvalue weighted by Gasteiger charge is -2.46. The summed E-state index contributed by atoms with van der Waals surface area (Å²) in [6.45, 7) is 5.04. The molecule has 0 spiro atoms. The van der Waals surface area contributed by atoms with E-state index in [2.05, 4.69) is 24.0 Å². The lowest BCUT2D eigenvalue weighted by molar-refractivity contribution is 0.0424. The van der Waals surface area contributed by atoms with Crippen LogP contribution in [-0.4, -0.2) is 24.0 Å². The van der Waals surface area contributed by atoms with Gasteiger partial charge in [0.2, 0.25) is 0 Å². The Morgan fingerprint density at radius 2 is 1.74 bits per heavy atom. The van der Waals surface area contributed by atoms with Crippen molar-refractivity contribution in [3.05, 3.63) is 34.9 Å². The second-order valence-electron chi connectivity index (χ2n) is 6.43. The van der Waals surface area contributed by atoms with Crippen molar-refractivity contribution in [2.75, 3.05) is 13.1 Å². The molecule has 1 heterocycles. The van der Waals surface area contributed by atoms with Gasteiger partial charge >= 0.3 is 0 Å². The van der Waals surface area contributed by atoms with Gasteiger partial charge in [0, 0.05) is 11.1 Å². The molecule has 2 atom stereocenters. The molecular formula is C17H24ClN. The van der Waals surface area contributed by atoms with Gasteiger partial charge in [0.25, 0.3) is 0 Å². The molecule has 19 heavy (non-hydrogen) atoms. The monoisotopic (exact) mass is 277 g/mol. The van der Waals surface area contributed by atoms with Crippen LogP contribution >= 0.6 is 11.6 Å². The largest absolute Gasteiger partial charge is 0.300 e. The van der Waals surface area contributed by atoms with E-state index in [-0.39, 0.29) is 0 Å². The van der Waals surface area contributed by atoms with Crippen molar-refractivity contribution in [2.24, 2.45) is 11.8 Å². The van der Waals surface area contributed by atoms with Gasteiger partial charge < -0.3 is 4.90 Å². The second-order valence-corrected chi connectivity index (χ2v) is 6.87. The summed E-state index contributed by atoms with van der Waals surface area (Å²) in [5.41, 5.74) is 1.44. The summed E-state index contributed by atoms with van der Waals surface area (Å²) in [4.78, 5) is 2.74. The zero-order chi connectivity index (χ0) is 13.2. The molecule has 1 aliphatic carbocycles. The molecule has 0 bridgehead atoms. The third-order valence-corrected chi connectivity index (χ3v) is 5.38. The molecule has 104 valence electrons.